The van der Waals surface area contributed by atoms with Crippen molar-refractivity contribution in [2.75, 3.05) is 4.90 Å². The van der Waals surface area contributed by atoms with Crippen molar-refractivity contribution in [3.05, 3.63) is 283 Å². The van der Waals surface area contributed by atoms with Crippen molar-refractivity contribution in [2.24, 2.45) is 0 Å². The lowest BCUT2D eigenvalue weighted by atomic mass is 9.84. The lowest BCUT2D eigenvalue weighted by Gasteiger charge is -2.27. The minimum atomic E-state index is -0.219. The quantitative estimate of drug-likeness (QED) is 0.152. The van der Waals surface area contributed by atoms with Crippen LogP contribution in [0.15, 0.2) is 265 Å². The van der Waals surface area contributed by atoms with Gasteiger partial charge in [-0.25, -0.2) is 0 Å². The Morgan fingerprint density at radius 3 is 1.50 bits per heavy atom. The molecule has 4 nitrogen and oxygen atoms in total. The average molecular weight is 1030 g/mol. The molecule has 0 bridgehead atoms. The van der Waals surface area contributed by atoms with Crippen LogP contribution in [0.2, 0.25) is 0 Å². The number of hydrogen-bond acceptors (Lipinski definition) is 2. The minimum absolute atomic E-state index is 0.187. The molecule has 380 valence electrons. The number of hydrogen-bond donors (Lipinski definition) is 0. The highest BCUT2D eigenvalue weighted by Crippen LogP contribution is 2.56. The van der Waals surface area contributed by atoms with Gasteiger partial charge in [0, 0.05) is 83.3 Å². The standard InChI is InChI=1S/C76H55N3O/c1-75(2)65-30-14-11-28-60(65)71-64-47-53(36-41-68(64)79(73(71)75)55-23-9-6-10-24-55)50-20-18-26-58(44-50)77(56-38-33-48(34-39-56)51-37-42-70-62(45-51)59-27-13-16-32-69(59)80-70)57-25-17-19-49(43-57)52-35-40-66-63(46-52)72-61-29-12-15-31-67(61)78(74(72)76(66,3)4)54-21-7-5-8-22-54/h5-47H,1-4H3. The molecular formula is C76H55N3O. The predicted octanol–water partition coefficient (Wildman–Crippen LogP) is 20.6. The van der Waals surface area contributed by atoms with Crippen LogP contribution in [0.1, 0.15) is 50.2 Å². The number of para-hydroxylation sites is 4. The van der Waals surface area contributed by atoms with Gasteiger partial charge in [0.2, 0.25) is 0 Å². The Balaban J connectivity index is 0.838. The van der Waals surface area contributed by atoms with E-state index in [4.69, 9.17) is 4.42 Å². The van der Waals surface area contributed by atoms with E-state index < -0.39 is 0 Å². The number of furan rings is 1. The molecule has 0 amide bonds. The molecule has 2 aliphatic rings. The van der Waals surface area contributed by atoms with Gasteiger partial charge in [-0.3, -0.25) is 0 Å². The van der Waals surface area contributed by atoms with Crippen LogP contribution < -0.4 is 4.90 Å². The van der Waals surface area contributed by atoms with Crippen LogP contribution in [-0.2, 0) is 10.8 Å². The Kier molecular flexibility index (Phi) is 9.99. The van der Waals surface area contributed by atoms with E-state index in [2.05, 4.69) is 290 Å². The van der Waals surface area contributed by atoms with Gasteiger partial charge in [-0.15, -0.1) is 0 Å². The Morgan fingerprint density at radius 2 is 0.800 bits per heavy atom. The third-order valence-corrected chi connectivity index (χ3v) is 17.6. The summed E-state index contributed by atoms with van der Waals surface area (Å²) < 4.78 is 11.2. The molecule has 14 aromatic rings. The highest BCUT2D eigenvalue weighted by atomic mass is 16.3. The van der Waals surface area contributed by atoms with E-state index in [0.29, 0.717) is 0 Å². The van der Waals surface area contributed by atoms with Crippen LogP contribution in [0.3, 0.4) is 0 Å². The maximum Gasteiger partial charge on any atom is 0.135 e. The van der Waals surface area contributed by atoms with E-state index in [1.807, 2.05) is 12.1 Å². The summed E-state index contributed by atoms with van der Waals surface area (Å²) in [6.07, 6.45) is 0. The van der Waals surface area contributed by atoms with Crippen LogP contribution >= 0.6 is 0 Å². The zero-order chi connectivity index (χ0) is 53.4. The van der Waals surface area contributed by atoms with E-state index >= 15 is 0 Å². The molecule has 3 heterocycles. The van der Waals surface area contributed by atoms with Crippen molar-refractivity contribution in [1.29, 1.82) is 0 Å². The second-order valence-electron chi connectivity index (χ2n) is 22.9. The van der Waals surface area contributed by atoms with Gasteiger partial charge in [-0.05, 0) is 159 Å². The van der Waals surface area contributed by atoms with Crippen molar-refractivity contribution >= 4 is 60.8 Å². The third kappa shape index (κ3) is 6.82. The van der Waals surface area contributed by atoms with Crippen molar-refractivity contribution < 1.29 is 4.42 Å². The first-order valence-corrected chi connectivity index (χ1v) is 27.9. The van der Waals surface area contributed by atoms with Gasteiger partial charge in [0.1, 0.15) is 11.2 Å². The largest absolute Gasteiger partial charge is 0.456 e. The monoisotopic (exact) mass is 1030 g/mol. The van der Waals surface area contributed by atoms with E-state index in [-0.39, 0.29) is 10.8 Å². The van der Waals surface area contributed by atoms with E-state index in [9.17, 15) is 0 Å². The van der Waals surface area contributed by atoms with Gasteiger partial charge in [-0.1, -0.05) is 185 Å². The molecule has 3 aromatic heterocycles. The Morgan fingerprint density at radius 1 is 0.312 bits per heavy atom. The fourth-order valence-corrected chi connectivity index (χ4v) is 13.9. The highest BCUT2D eigenvalue weighted by Gasteiger charge is 2.42. The Bertz CT molecular complexity index is 4820. The fourth-order valence-electron chi connectivity index (χ4n) is 13.9. The molecule has 0 spiro atoms. The van der Waals surface area contributed by atoms with Crippen LogP contribution in [0.25, 0.3) is 111 Å². The molecule has 0 saturated carbocycles. The topological polar surface area (TPSA) is 26.2 Å². The molecule has 16 rings (SSSR count). The van der Waals surface area contributed by atoms with Gasteiger partial charge < -0.3 is 18.5 Å². The van der Waals surface area contributed by atoms with Gasteiger partial charge in [0.25, 0.3) is 0 Å². The summed E-state index contributed by atoms with van der Waals surface area (Å²) >= 11 is 0. The van der Waals surface area contributed by atoms with Crippen molar-refractivity contribution in [2.45, 2.75) is 38.5 Å². The van der Waals surface area contributed by atoms with Gasteiger partial charge in [0.15, 0.2) is 0 Å². The molecule has 11 aromatic carbocycles. The van der Waals surface area contributed by atoms with E-state index in [1.54, 1.807) is 0 Å². The number of fused-ring (bicyclic) bond motifs is 13. The van der Waals surface area contributed by atoms with Crippen LogP contribution in [-0.4, -0.2) is 9.13 Å². The van der Waals surface area contributed by atoms with E-state index in [0.717, 1.165) is 61.3 Å². The van der Waals surface area contributed by atoms with Crippen molar-refractivity contribution in [1.82, 2.24) is 9.13 Å². The number of nitrogens with zero attached hydrogens (tertiary/aromatic N) is 3. The summed E-state index contributed by atoms with van der Waals surface area (Å²) in [5.74, 6) is 0. The summed E-state index contributed by atoms with van der Waals surface area (Å²) in [4.78, 5) is 2.42. The summed E-state index contributed by atoms with van der Waals surface area (Å²) in [6.45, 7) is 9.53. The number of rotatable bonds is 8. The molecule has 0 unspecified atom stereocenters. The Labute approximate surface area is 465 Å². The van der Waals surface area contributed by atoms with Crippen LogP contribution in [0.4, 0.5) is 17.1 Å². The molecule has 0 atom stereocenters. The Hall–Kier alpha value is -9.90. The predicted molar refractivity (Wildman–Crippen MR) is 334 cm³/mol. The lowest BCUT2D eigenvalue weighted by Crippen LogP contribution is -2.19. The van der Waals surface area contributed by atoms with Crippen molar-refractivity contribution in [3.63, 3.8) is 0 Å². The molecule has 0 fully saturated rings. The smallest absolute Gasteiger partial charge is 0.135 e. The first kappa shape index (κ1) is 46.2. The average Bonchev–Trinajstić information content (AvgIpc) is 4.01. The molecule has 0 aliphatic heterocycles. The molecule has 4 heteroatoms. The lowest BCUT2D eigenvalue weighted by molar-refractivity contribution is 0.623. The summed E-state index contributed by atoms with van der Waals surface area (Å²) in [5.41, 5.74) is 27.1. The highest BCUT2D eigenvalue weighted by molar-refractivity contribution is 6.08. The van der Waals surface area contributed by atoms with E-state index in [1.165, 1.54) is 89.1 Å². The second-order valence-corrected chi connectivity index (χ2v) is 22.9. The summed E-state index contributed by atoms with van der Waals surface area (Å²) in [5, 5.41) is 4.80. The molecule has 0 N–H and O–H groups in total. The molecule has 0 saturated heterocycles. The number of benzene rings is 11. The van der Waals surface area contributed by atoms with Gasteiger partial charge >= 0.3 is 0 Å². The minimum Gasteiger partial charge on any atom is -0.456 e. The maximum atomic E-state index is 6.23. The van der Waals surface area contributed by atoms with Crippen molar-refractivity contribution in [3.8, 4) is 67.0 Å². The summed E-state index contributed by atoms with van der Waals surface area (Å²) in [6, 6.07) is 96.0. The second kappa shape index (κ2) is 17.3. The normalized spacial score (nSPS) is 13.7. The first-order valence-electron chi connectivity index (χ1n) is 27.9. The molecule has 80 heavy (non-hydrogen) atoms. The van der Waals surface area contributed by atoms with Crippen LogP contribution in [0, 0.1) is 0 Å². The number of aromatic nitrogens is 2. The third-order valence-electron chi connectivity index (χ3n) is 17.6. The molecular weight excluding hydrogens is 971 g/mol. The first-order chi connectivity index (χ1) is 39.2. The zero-order valence-electron chi connectivity index (χ0n) is 45.1. The number of anilines is 3. The zero-order valence-corrected chi connectivity index (χ0v) is 45.1. The maximum absolute atomic E-state index is 6.23. The van der Waals surface area contributed by atoms with Gasteiger partial charge in [-0.2, -0.15) is 0 Å². The SMILES string of the molecule is CC1(C)c2ccc(-c3cccc(N(c4ccc(-c5ccc6oc7ccccc7c6c5)cc4)c4cccc(-c5ccc6c(c5)c5c(n6-c6ccccc6)C(C)(C)c6ccccc6-5)c4)c3)cc2-c2c1n(-c1ccccc1)c1ccccc21. The van der Waals surface area contributed by atoms with Gasteiger partial charge in [0.05, 0.1) is 11.0 Å². The fraction of sp³-hybridized carbons (Fsp3) is 0.0789. The molecule has 2 aliphatic carbocycles. The molecule has 0 radical (unpaired) electrons. The van der Waals surface area contributed by atoms with Crippen LogP contribution in [0.5, 0.6) is 0 Å². The summed E-state index contributed by atoms with van der Waals surface area (Å²) in [7, 11) is 0.